The maximum atomic E-state index is 9.96. The number of morpholine rings is 1. The van der Waals surface area contributed by atoms with E-state index < -0.39 is 0 Å². The number of phenolic OH excluding ortho intramolecular Hbond substituents is 1. The third-order valence-corrected chi connectivity index (χ3v) is 4.18. The molecule has 112 valence electrons. The van der Waals surface area contributed by atoms with Gasteiger partial charge in [-0.25, -0.2) is 0 Å². The standard InChI is InChI=1S/C15H22BrNO3/c1-4-20-13-8-11(7-12(16)14(13)18)9-17-5-6-19-10-15(17,2)3/h7-8,18H,4-6,9-10H2,1-3H3. The fourth-order valence-electron chi connectivity index (χ4n) is 2.39. The number of hydrogen-bond acceptors (Lipinski definition) is 4. The predicted molar refractivity (Wildman–Crippen MR) is 82.3 cm³/mol. The van der Waals surface area contributed by atoms with Crippen LogP contribution in [-0.4, -0.2) is 41.9 Å². The normalized spacial score (nSPS) is 19.0. The van der Waals surface area contributed by atoms with Gasteiger partial charge in [0.2, 0.25) is 0 Å². The third kappa shape index (κ3) is 3.45. The summed E-state index contributed by atoms with van der Waals surface area (Å²) in [5, 5.41) is 9.96. The summed E-state index contributed by atoms with van der Waals surface area (Å²) in [5.74, 6) is 0.694. The van der Waals surface area contributed by atoms with Crippen molar-refractivity contribution >= 4 is 15.9 Å². The Morgan fingerprint density at radius 3 is 2.85 bits per heavy atom. The molecule has 4 nitrogen and oxygen atoms in total. The number of benzene rings is 1. The first-order valence-corrected chi connectivity index (χ1v) is 7.70. The monoisotopic (exact) mass is 343 g/mol. The summed E-state index contributed by atoms with van der Waals surface area (Å²) in [5.41, 5.74) is 1.14. The molecule has 1 aromatic rings. The maximum absolute atomic E-state index is 9.96. The average molecular weight is 344 g/mol. The van der Waals surface area contributed by atoms with Gasteiger partial charge < -0.3 is 14.6 Å². The fourth-order valence-corrected chi connectivity index (χ4v) is 2.88. The number of hydrogen-bond donors (Lipinski definition) is 1. The van der Waals surface area contributed by atoms with Crippen LogP contribution >= 0.6 is 15.9 Å². The lowest BCUT2D eigenvalue weighted by molar-refractivity contribution is -0.0553. The number of aromatic hydroxyl groups is 1. The average Bonchev–Trinajstić information content (AvgIpc) is 2.38. The zero-order valence-electron chi connectivity index (χ0n) is 12.3. The van der Waals surface area contributed by atoms with Gasteiger partial charge in [0.1, 0.15) is 0 Å². The van der Waals surface area contributed by atoms with Crippen LogP contribution in [0.3, 0.4) is 0 Å². The van der Waals surface area contributed by atoms with Crippen molar-refractivity contribution in [1.29, 1.82) is 0 Å². The number of rotatable bonds is 4. The molecule has 0 atom stereocenters. The molecule has 1 N–H and O–H groups in total. The van der Waals surface area contributed by atoms with Crippen LogP contribution in [-0.2, 0) is 11.3 Å². The molecule has 1 aliphatic heterocycles. The SMILES string of the molecule is CCOc1cc(CN2CCOCC2(C)C)cc(Br)c1O. The number of nitrogens with zero attached hydrogens (tertiary/aromatic N) is 1. The van der Waals surface area contributed by atoms with E-state index in [1.165, 1.54) is 0 Å². The minimum Gasteiger partial charge on any atom is -0.503 e. The summed E-state index contributed by atoms with van der Waals surface area (Å²) in [7, 11) is 0. The third-order valence-electron chi connectivity index (χ3n) is 3.58. The summed E-state index contributed by atoms with van der Waals surface area (Å²) in [6.07, 6.45) is 0. The van der Waals surface area contributed by atoms with Crippen molar-refractivity contribution in [2.75, 3.05) is 26.4 Å². The van der Waals surface area contributed by atoms with Crippen molar-refractivity contribution < 1.29 is 14.6 Å². The second-order valence-corrected chi connectivity index (χ2v) is 6.50. The molecule has 5 heteroatoms. The van der Waals surface area contributed by atoms with Gasteiger partial charge in [-0.1, -0.05) is 0 Å². The van der Waals surface area contributed by atoms with Crippen LogP contribution in [0.15, 0.2) is 16.6 Å². The molecule has 0 radical (unpaired) electrons. The van der Waals surface area contributed by atoms with Crippen LogP contribution in [0.4, 0.5) is 0 Å². The molecule has 0 bridgehead atoms. The predicted octanol–water partition coefficient (Wildman–Crippen LogP) is 3.16. The van der Waals surface area contributed by atoms with Crippen LogP contribution in [0.1, 0.15) is 26.3 Å². The smallest absolute Gasteiger partial charge is 0.172 e. The van der Waals surface area contributed by atoms with E-state index in [9.17, 15) is 5.11 Å². The van der Waals surface area contributed by atoms with Gasteiger partial charge in [0, 0.05) is 18.6 Å². The van der Waals surface area contributed by atoms with E-state index in [0.717, 1.165) is 31.9 Å². The first-order valence-electron chi connectivity index (χ1n) is 6.91. The van der Waals surface area contributed by atoms with Crippen LogP contribution in [0, 0.1) is 0 Å². The Morgan fingerprint density at radius 1 is 1.45 bits per heavy atom. The molecule has 2 rings (SSSR count). The molecule has 0 aromatic heterocycles. The summed E-state index contributed by atoms with van der Waals surface area (Å²) in [6.45, 7) is 10.0. The first kappa shape index (κ1) is 15.6. The fraction of sp³-hybridized carbons (Fsp3) is 0.600. The van der Waals surface area contributed by atoms with E-state index >= 15 is 0 Å². The van der Waals surface area contributed by atoms with E-state index in [2.05, 4.69) is 34.7 Å². The van der Waals surface area contributed by atoms with Crippen molar-refractivity contribution in [1.82, 2.24) is 4.90 Å². The van der Waals surface area contributed by atoms with Crippen molar-refractivity contribution in [3.05, 3.63) is 22.2 Å². The lowest BCUT2D eigenvalue weighted by Crippen LogP contribution is -2.52. The van der Waals surface area contributed by atoms with Gasteiger partial charge in [0.15, 0.2) is 11.5 Å². The molecule has 0 spiro atoms. The van der Waals surface area contributed by atoms with Crippen molar-refractivity contribution in [3.63, 3.8) is 0 Å². The van der Waals surface area contributed by atoms with Gasteiger partial charge in [-0.05, 0) is 54.4 Å². The lowest BCUT2D eigenvalue weighted by atomic mass is 10.0. The number of phenols is 1. The number of ether oxygens (including phenoxy) is 2. The van der Waals surface area contributed by atoms with Gasteiger partial charge in [-0.2, -0.15) is 0 Å². The van der Waals surface area contributed by atoms with Crippen molar-refractivity contribution in [2.45, 2.75) is 32.9 Å². The molecule has 1 heterocycles. The zero-order chi connectivity index (χ0) is 14.8. The van der Waals surface area contributed by atoms with Crippen LogP contribution in [0.2, 0.25) is 0 Å². The molecule has 1 aromatic carbocycles. The Bertz CT molecular complexity index is 476. The summed E-state index contributed by atoms with van der Waals surface area (Å²) in [4.78, 5) is 2.39. The highest BCUT2D eigenvalue weighted by molar-refractivity contribution is 9.10. The Balaban J connectivity index is 2.20. The van der Waals surface area contributed by atoms with E-state index in [4.69, 9.17) is 9.47 Å². The van der Waals surface area contributed by atoms with Crippen LogP contribution in [0.5, 0.6) is 11.5 Å². The second kappa shape index (κ2) is 6.33. The highest BCUT2D eigenvalue weighted by Gasteiger charge is 2.30. The minimum atomic E-state index is 0.0222. The quantitative estimate of drug-likeness (QED) is 0.911. The van der Waals surface area contributed by atoms with E-state index in [1.807, 2.05) is 19.1 Å². The van der Waals surface area contributed by atoms with E-state index in [0.29, 0.717) is 16.8 Å². The second-order valence-electron chi connectivity index (χ2n) is 5.64. The Morgan fingerprint density at radius 2 is 2.20 bits per heavy atom. The van der Waals surface area contributed by atoms with Crippen molar-refractivity contribution in [3.8, 4) is 11.5 Å². The molecule has 1 fully saturated rings. The van der Waals surface area contributed by atoms with Gasteiger partial charge >= 0.3 is 0 Å². The van der Waals surface area contributed by atoms with E-state index in [1.54, 1.807) is 0 Å². The maximum Gasteiger partial charge on any atom is 0.172 e. The highest BCUT2D eigenvalue weighted by Crippen LogP contribution is 2.36. The summed E-state index contributed by atoms with van der Waals surface area (Å²) >= 11 is 3.39. The molecule has 0 amide bonds. The first-order chi connectivity index (χ1) is 9.44. The van der Waals surface area contributed by atoms with Gasteiger partial charge in [0.05, 0.1) is 24.3 Å². The summed E-state index contributed by atoms with van der Waals surface area (Å²) in [6, 6.07) is 3.86. The number of halogens is 1. The molecule has 0 saturated carbocycles. The summed E-state index contributed by atoms with van der Waals surface area (Å²) < 4.78 is 11.7. The van der Waals surface area contributed by atoms with E-state index in [-0.39, 0.29) is 11.3 Å². The molecule has 0 aliphatic carbocycles. The molecule has 1 saturated heterocycles. The molecular formula is C15H22BrNO3. The Hall–Kier alpha value is -0.780. The van der Waals surface area contributed by atoms with Crippen LogP contribution < -0.4 is 4.74 Å². The van der Waals surface area contributed by atoms with Gasteiger partial charge in [-0.15, -0.1) is 0 Å². The highest BCUT2D eigenvalue weighted by atomic mass is 79.9. The largest absolute Gasteiger partial charge is 0.503 e. The minimum absolute atomic E-state index is 0.0222. The Kier molecular flexibility index (Phi) is 4.94. The molecule has 0 unspecified atom stereocenters. The zero-order valence-corrected chi connectivity index (χ0v) is 13.9. The van der Waals surface area contributed by atoms with Gasteiger partial charge in [-0.3, -0.25) is 4.90 Å². The Labute approximate surface area is 128 Å². The molecule has 1 aliphatic rings. The topological polar surface area (TPSA) is 41.9 Å². The van der Waals surface area contributed by atoms with Gasteiger partial charge in [0.25, 0.3) is 0 Å². The van der Waals surface area contributed by atoms with Crippen molar-refractivity contribution in [2.24, 2.45) is 0 Å². The lowest BCUT2D eigenvalue weighted by Gasteiger charge is -2.42. The van der Waals surface area contributed by atoms with Crippen LogP contribution in [0.25, 0.3) is 0 Å². The molecular weight excluding hydrogens is 322 g/mol. The molecule has 20 heavy (non-hydrogen) atoms.